The minimum absolute atomic E-state index is 0.0816. The molecule has 0 unspecified atom stereocenters. The zero-order chi connectivity index (χ0) is 17.9. The second-order valence-corrected chi connectivity index (χ2v) is 7.05. The summed E-state index contributed by atoms with van der Waals surface area (Å²) in [7, 11) is 0. The molecule has 26 heavy (non-hydrogen) atoms. The SMILES string of the molecule is Cc1ccc(Cn2c(CNC(=O)c3cccs3)nc3cccnc32)cc1. The Labute approximate surface area is 155 Å². The molecular formula is C20H18N4OS. The molecule has 0 aliphatic carbocycles. The van der Waals surface area contributed by atoms with Crippen molar-refractivity contribution in [2.75, 3.05) is 0 Å². The van der Waals surface area contributed by atoms with Gasteiger partial charge in [-0.2, -0.15) is 0 Å². The number of carbonyl (C=O) groups is 1. The molecule has 1 N–H and O–H groups in total. The number of imidazole rings is 1. The van der Waals surface area contributed by atoms with Gasteiger partial charge in [0.15, 0.2) is 5.65 Å². The third kappa shape index (κ3) is 3.36. The number of carbonyl (C=O) groups excluding carboxylic acids is 1. The minimum Gasteiger partial charge on any atom is -0.344 e. The van der Waals surface area contributed by atoms with Gasteiger partial charge in [-0.25, -0.2) is 9.97 Å². The molecule has 4 aromatic rings. The second kappa shape index (κ2) is 7.09. The van der Waals surface area contributed by atoms with Crippen LogP contribution >= 0.6 is 11.3 Å². The van der Waals surface area contributed by atoms with E-state index in [0.29, 0.717) is 18.0 Å². The van der Waals surface area contributed by atoms with Gasteiger partial charge in [0, 0.05) is 6.20 Å². The fourth-order valence-corrected chi connectivity index (χ4v) is 3.48. The third-order valence-electron chi connectivity index (χ3n) is 4.20. The van der Waals surface area contributed by atoms with Crippen LogP contribution in [-0.4, -0.2) is 20.4 Å². The zero-order valence-electron chi connectivity index (χ0n) is 14.3. The van der Waals surface area contributed by atoms with Crippen molar-refractivity contribution in [3.05, 3.63) is 81.9 Å². The molecule has 0 saturated carbocycles. The van der Waals surface area contributed by atoms with Crippen molar-refractivity contribution in [3.8, 4) is 0 Å². The van der Waals surface area contributed by atoms with E-state index in [9.17, 15) is 4.79 Å². The summed E-state index contributed by atoms with van der Waals surface area (Å²) in [6, 6.07) is 15.9. The number of amides is 1. The zero-order valence-corrected chi connectivity index (χ0v) is 15.2. The van der Waals surface area contributed by atoms with Crippen LogP contribution in [-0.2, 0) is 13.1 Å². The van der Waals surface area contributed by atoms with E-state index in [1.54, 1.807) is 6.20 Å². The van der Waals surface area contributed by atoms with Gasteiger partial charge in [0.05, 0.1) is 18.0 Å². The third-order valence-corrected chi connectivity index (χ3v) is 5.06. The van der Waals surface area contributed by atoms with E-state index < -0.39 is 0 Å². The van der Waals surface area contributed by atoms with Crippen LogP contribution in [0, 0.1) is 6.92 Å². The molecule has 3 aromatic heterocycles. The number of aromatic nitrogens is 3. The molecule has 0 aliphatic rings. The first kappa shape index (κ1) is 16.5. The molecule has 5 nitrogen and oxygen atoms in total. The van der Waals surface area contributed by atoms with E-state index in [1.165, 1.54) is 22.5 Å². The monoisotopic (exact) mass is 362 g/mol. The maximum Gasteiger partial charge on any atom is 0.261 e. The lowest BCUT2D eigenvalue weighted by molar-refractivity contribution is 0.0953. The summed E-state index contributed by atoms with van der Waals surface area (Å²) in [5.74, 6) is 0.714. The van der Waals surface area contributed by atoms with Crippen molar-refractivity contribution in [2.24, 2.45) is 0 Å². The average Bonchev–Trinajstić information content (AvgIpc) is 3.30. The number of benzene rings is 1. The summed E-state index contributed by atoms with van der Waals surface area (Å²) in [5.41, 5.74) is 4.06. The Hall–Kier alpha value is -2.99. The summed E-state index contributed by atoms with van der Waals surface area (Å²) in [6.07, 6.45) is 1.77. The van der Waals surface area contributed by atoms with Gasteiger partial charge in [-0.1, -0.05) is 35.9 Å². The van der Waals surface area contributed by atoms with Crippen molar-refractivity contribution in [1.29, 1.82) is 0 Å². The normalized spacial score (nSPS) is 11.0. The first-order valence-corrected chi connectivity index (χ1v) is 9.26. The molecule has 0 aliphatic heterocycles. The van der Waals surface area contributed by atoms with Gasteiger partial charge in [0.2, 0.25) is 0 Å². The first-order chi connectivity index (χ1) is 12.7. The van der Waals surface area contributed by atoms with E-state index in [-0.39, 0.29) is 5.91 Å². The molecule has 1 amide bonds. The van der Waals surface area contributed by atoms with Gasteiger partial charge in [0.1, 0.15) is 11.3 Å². The lowest BCUT2D eigenvalue weighted by atomic mass is 10.1. The molecule has 4 rings (SSSR count). The Balaban J connectivity index is 1.63. The first-order valence-electron chi connectivity index (χ1n) is 8.38. The van der Waals surface area contributed by atoms with Crippen LogP contribution in [0.3, 0.4) is 0 Å². The smallest absolute Gasteiger partial charge is 0.261 e. The van der Waals surface area contributed by atoms with E-state index in [1.807, 2.05) is 29.6 Å². The number of aryl methyl sites for hydroxylation is 1. The molecule has 0 radical (unpaired) electrons. The summed E-state index contributed by atoms with van der Waals surface area (Å²) in [5, 5.41) is 4.85. The lowest BCUT2D eigenvalue weighted by Crippen LogP contribution is -2.24. The molecule has 0 fully saturated rings. The quantitative estimate of drug-likeness (QED) is 0.588. The van der Waals surface area contributed by atoms with Crippen LogP contribution in [0.15, 0.2) is 60.1 Å². The molecule has 130 valence electrons. The molecule has 0 bridgehead atoms. The molecule has 0 atom stereocenters. The average molecular weight is 362 g/mol. The van der Waals surface area contributed by atoms with E-state index in [2.05, 4.69) is 51.0 Å². The van der Waals surface area contributed by atoms with Crippen molar-refractivity contribution >= 4 is 28.4 Å². The van der Waals surface area contributed by atoms with Crippen LogP contribution < -0.4 is 5.32 Å². The van der Waals surface area contributed by atoms with Gasteiger partial charge in [0.25, 0.3) is 5.91 Å². The van der Waals surface area contributed by atoms with Crippen molar-refractivity contribution in [1.82, 2.24) is 19.9 Å². The largest absolute Gasteiger partial charge is 0.344 e. The van der Waals surface area contributed by atoms with Crippen LogP contribution in [0.1, 0.15) is 26.6 Å². The van der Waals surface area contributed by atoms with E-state index >= 15 is 0 Å². The molecular weight excluding hydrogens is 344 g/mol. The minimum atomic E-state index is -0.0816. The fraction of sp³-hybridized carbons (Fsp3) is 0.150. The van der Waals surface area contributed by atoms with Gasteiger partial charge >= 0.3 is 0 Å². The van der Waals surface area contributed by atoms with E-state index in [0.717, 1.165) is 17.0 Å². The number of nitrogens with zero attached hydrogens (tertiary/aromatic N) is 3. The summed E-state index contributed by atoms with van der Waals surface area (Å²) >= 11 is 1.43. The number of hydrogen-bond acceptors (Lipinski definition) is 4. The highest BCUT2D eigenvalue weighted by Crippen LogP contribution is 2.17. The number of hydrogen-bond donors (Lipinski definition) is 1. The van der Waals surface area contributed by atoms with Gasteiger partial charge in [-0.3, -0.25) is 4.79 Å². The van der Waals surface area contributed by atoms with Crippen LogP contribution in [0.4, 0.5) is 0 Å². The highest BCUT2D eigenvalue weighted by molar-refractivity contribution is 7.12. The maximum atomic E-state index is 12.2. The van der Waals surface area contributed by atoms with Gasteiger partial charge in [-0.15, -0.1) is 11.3 Å². The molecule has 0 spiro atoms. The predicted octanol–water partition coefficient (Wildman–Crippen LogP) is 3.78. The summed E-state index contributed by atoms with van der Waals surface area (Å²) < 4.78 is 2.06. The summed E-state index contributed by atoms with van der Waals surface area (Å²) in [6.45, 7) is 3.10. The number of thiophene rings is 1. The maximum absolute atomic E-state index is 12.2. The van der Waals surface area contributed by atoms with Gasteiger partial charge < -0.3 is 9.88 Å². The Morgan fingerprint density at radius 3 is 2.77 bits per heavy atom. The number of nitrogens with one attached hydrogen (secondary N) is 1. The van der Waals surface area contributed by atoms with Crippen LogP contribution in [0.2, 0.25) is 0 Å². The number of fused-ring (bicyclic) bond motifs is 1. The second-order valence-electron chi connectivity index (χ2n) is 6.11. The molecule has 3 heterocycles. The standard InChI is InChI=1S/C20H18N4OS/c1-14-6-8-15(9-7-14)13-24-18(23-16-4-2-10-21-19(16)24)12-22-20(25)17-5-3-11-26-17/h2-11H,12-13H2,1H3,(H,22,25). The van der Waals surface area contributed by atoms with E-state index in [4.69, 9.17) is 0 Å². The summed E-state index contributed by atoms with van der Waals surface area (Å²) in [4.78, 5) is 22.1. The Morgan fingerprint density at radius 1 is 1.15 bits per heavy atom. The van der Waals surface area contributed by atoms with Crippen LogP contribution in [0.5, 0.6) is 0 Å². The van der Waals surface area contributed by atoms with Gasteiger partial charge in [-0.05, 0) is 36.1 Å². The highest BCUT2D eigenvalue weighted by atomic mass is 32.1. The van der Waals surface area contributed by atoms with Crippen molar-refractivity contribution in [3.63, 3.8) is 0 Å². The Morgan fingerprint density at radius 2 is 2.00 bits per heavy atom. The number of pyridine rings is 1. The highest BCUT2D eigenvalue weighted by Gasteiger charge is 2.14. The predicted molar refractivity (Wildman–Crippen MR) is 103 cm³/mol. The molecule has 0 saturated heterocycles. The van der Waals surface area contributed by atoms with Crippen molar-refractivity contribution in [2.45, 2.75) is 20.0 Å². The molecule has 6 heteroatoms. The Bertz CT molecular complexity index is 1040. The molecule has 1 aromatic carbocycles. The topological polar surface area (TPSA) is 59.8 Å². The number of rotatable bonds is 5. The van der Waals surface area contributed by atoms with Crippen LogP contribution in [0.25, 0.3) is 11.2 Å². The fourth-order valence-electron chi connectivity index (χ4n) is 2.84. The lowest BCUT2D eigenvalue weighted by Gasteiger charge is -2.10. The Kier molecular flexibility index (Phi) is 4.50. The van der Waals surface area contributed by atoms with Crippen molar-refractivity contribution < 1.29 is 4.79 Å².